The number of nitrogen functional groups attached to an aromatic ring is 1. The first-order chi connectivity index (χ1) is 9.24. The molecular weight excluding hydrogens is 351 g/mol. The molecule has 0 atom stereocenters. The molecule has 0 bridgehead atoms. The van der Waals surface area contributed by atoms with E-state index in [4.69, 9.17) is 10.5 Å². The molecular formula is C15H11IN2O. The van der Waals surface area contributed by atoms with Gasteiger partial charge in [-0.1, -0.05) is 18.2 Å². The number of anilines is 1. The Kier molecular flexibility index (Phi) is 3.25. The van der Waals surface area contributed by atoms with Crippen molar-refractivity contribution < 1.29 is 4.74 Å². The van der Waals surface area contributed by atoms with E-state index in [1.54, 1.807) is 6.20 Å². The molecule has 1 aromatic heterocycles. The van der Waals surface area contributed by atoms with E-state index in [9.17, 15) is 0 Å². The molecule has 0 aliphatic rings. The second-order valence-electron chi connectivity index (χ2n) is 4.12. The number of halogens is 1. The van der Waals surface area contributed by atoms with Crippen LogP contribution < -0.4 is 10.5 Å². The van der Waals surface area contributed by atoms with E-state index in [0.717, 1.165) is 20.2 Å². The highest BCUT2D eigenvalue weighted by Crippen LogP contribution is 2.34. The smallest absolute Gasteiger partial charge is 0.161 e. The van der Waals surface area contributed by atoms with Crippen LogP contribution in [-0.4, -0.2) is 4.98 Å². The lowest BCUT2D eigenvalue weighted by Crippen LogP contribution is -1.95. The van der Waals surface area contributed by atoms with Crippen LogP contribution in [-0.2, 0) is 0 Å². The van der Waals surface area contributed by atoms with Crippen LogP contribution in [0.4, 0.5) is 5.69 Å². The summed E-state index contributed by atoms with van der Waals surface area (Å²) in [5.74, 6) is 1.43. The van der Waals surface area contributed by atoms with Gasteiger partial charge in [-0.15, -0.1) is 0 Å². The number of ether oxygens (including phenoxy) is 1. The first kappa shape index (κ1) is 12.2. The predicted octanol–water partition coefficient (Wildman–Crippen LogP) is 4.21. The number of nitrogens with two attached hydrogens (primary N) is 1. The molecule has 2 aromatic carbocycles. The number of fused-ring (bicyclic) bond motifs is 1. The molecule has 0 saturated heterocycles. The lowest BCUT2D eigenvalue weighted by molar-refractivity contribution is 0.490. The summed E-state index contributed by atoms with van der Waals surface area (Å²) in [6, 6.07) is 15.6. The molecule has 19 heavy (non-hydrogen) atoms. The van der Waals surface area contributed by atoms with Crippen molar-refractivity contribution in [2.45, 2.75) is 0 Å². The molecule has 0 spiro atoms. The van der Waals surface area contributed by atoms with Crippen LogP contribution in [0.15, 0.2) is 54.7 Å². The summed E-state index contributed by atoms with van der Waals surface area (Å²) in [4.78, 5) is 4.29. The number of hydrogen-bond acceptors (Lipinski definition) is 3. The van der Waals surface area contributed by atoms with Gasteiger partial charge >= 0.3 is 0 Å². The highest BCUT2D eigenvalue weighted by molar-refractivity contribution is 14.1. The molecule has 0 radical (unpaired) electrons. The monoisotopic (exact) mass is 362 g/mol. The lowest BCUT2D eigenvalue weighted by Gasteiger charge is -2.11. The molecule has 4 heteroatoms. The zero-order valence-electron chi connectivity index (χ0n) is 10.0. The molecule has 3 aromatic rings. The molecule has 0 unspecified atom stereocenters. The maximum absolute atomic E-state index is 5.98. The minimum absolute atomic E-state index is 0.539. The second kappa shape index (κ2) is 5.05. The van der Waals surface area contributed by atoms with E-state index in [2.05, 4.69) is 27.6 Å². The SMILES string of the molecule is Nc1cnc2ccccc2c1Oc1cccc(I)c1. The average Bonchev–Trinajstić information content (AvgIpc) is 2.42. The highest BCUT2D eigenvalue weighted by atomic mass is 127. The van der Waals surface area contributed by atoms with Crippen molar-refractivity contribution in [3.05, 3.63) is 58.3 Å². The first-order valence-electron chi connectivity index (χ1n) is 5.81. The Morgan fingerprint density at radius 2 is 1.89 bits per heavy atom. The van der Waals surface area contributed by atoms with Crippen molar-refractivity contribution in [1.82, 2.24) is 4.98 Å². The van der Waals surface area contributed by atoms with Gasteiger partial charge in [0.05, 0.1) is 17.4 Å². The summed E-state index contributed by atoms with van der Waals surface area (Å²) in [7, 11) is 0. The van der Waals surface area contributed by atoms with Gasteiger partial charge in [0, 0.05) is 8.96 Å². The quantitative estimate of drug-likeness (QED) is 0.695. The number of pyridine rings is 1. The summed E-state index contributed by atoms with van der Waals surface area (Å²) in [6.45, 7) is 0. The van der Waals surface area contributed by atoms with E-state index in [1.807, 2.05) is 48.5 Å². The molecule has 0 aliphatic carbocycles. The van der Waals surface area contributed by atoms with Gasteiger partial charge in [0.2, 0.25) is 0 Å². The summed E-state index contributed by atoms with van der Waals surface area (Å²) < 4.78 is 7.05. The van der Waals surface area contributed by atoms with Crippen LogP contribution in [0, 0.1) is 3.57 Å². The molecule has 0 fully saturated rings. The Hall–Kier alpha value is -1.82. The average molecular weight is 362 g/mol. The Morgan fingerprint density at radius 3 is 2.74 bits per heavy atom. The van der Waals surface area contributed by atoms with Crippen molar-refractivity contribution in [3.63, 3.8) is 0 Å². The number of benzene rings is 2. The van der Waals surface area contributed by atoms with E-state index in [0.29, 0.717) is 11.4 Å². The van der Waals surface area contributed by atoms with Crippen LogP contribution in [0.2, 0.25) is 0 Å². The van der Waals surface area contributed by atoms with E-state index < -0.39 is 0 Å². The van der Waals surface area contributed by atoms with Crippen molar-refractivity contribution >= 4 is 39.2 Å². The van der Waals surface area contributed by atoms with Crippen molar-refractivity contribution in [1.29, 1.82) is 0 Å². The largest absolute Gasteiger partial charge is 0.454 e. The van der Waals surface area contributed by atoms with E-state index in [-0.39, 0.29) is 0 Å². The number of rotatable bonds is 2. The fraction of sp³-hybridized carbons (Fsp3) is 0. The zero-order valence-corrected chi connectivity index (χ0v) is 12.2. The first-order valence-corrected chi connectivity index (χ1v) is 6.88. The second-order valence-corrected chi connectivity index (χ2v) is 5.36. The van der Waals surface area contributed by atoms with Crippen LogP contribution in [0.5, 0.6) is 11.5 Å². The minimum atomic E-state index is 0.539. The van der Waals surface area contributed by atoms with Crippen molar-refractivity contribution in [2.24, 2.45) is 0 Å². The molecule has 94 valence electrons. The molecule has 1 heterocycles. The topological polar surface area (TPSA) is 48.1 Å². The maximum atomic E-state index is 5.98. The number of nitrogens with zero attached hydrogens (tertiary/aromatic N) is 1. The molecule has 3 rings (SSSR count). The normalized spacial score (nSPS) is 10.6. The van der Waals surface area contributed by atoms with E-state index >= 15 is 0 Å². The summed E-state index contributed by atoms with van der Waals surface area (Å²) in [5.41, 5.74) is 7.40. The standard InChI is InChI=1S/C15H11IN2O/c16-10-4-3-5-11(8-10)19-15-12-6-1-2-7-14(12)18-9-13(15)17/h1-9H,17H2. The fourth-order valence-corrected chi connectivity index (χ4v) is 2.41. The molecule has 0 saturated carbocycles. The van der Waals surface area contributed by atoms with Gasteiger partial charge in [0.25, 0.3) is 0 Å². The maximum Gasteiger partial charge on any atom is 0.161 e. The summed E-state index contributed by atoms with van der Waals surface area (Å²) in [6.07, 6.45) is 1.63. The number of aromatic nitrogens is 1. The zero-order chi connectivity index (χ0) is 13.2. The van der Waals surface area contributed by atoms with Gasteiger partial charge in [0.1, 0.15) is 5.75 Å². The van der Waals surface area contributed by atoms with E-state index in [1.165, 1.54) is 0 Å². The third-order valence-corrected chi connectivity index (χ3v) is 3.44. The van der Waals surface area contributed by atoms with Crippen LogP contribution >= 0.6 is 22.6 Å². The highest BCUT2D eigenvalue weighted by Gasteiger charge is 2.08. The van der Waals surface area contributed by atoms with Crippen LogP contribution in [0.1, 0.15) is 0 Å². The Bertz CT molecular complexity index is 743. The summed E-state index contributed by atoms with van der Waals surface area (Å²) >= 11 is 2.25. The van der Waals surface area contributed by atoms with Gasteiger partial charge in [-0.3, -0.25) is 4.98 Å². The summed E-state index contributed by atoms with van der Waals surface area (Å²) in [5, 5.41) is 0.918. The van der Waals surface area contributed by atoms with Crippen LogP contribution in [0.3, 0.4) is 0 Å². The number of para-hydroxylation sites is 1. The van der Waals surface area contributed by atoms with Gasteiger partial charge in [-0.05, 0) is 52.9 Å². The van der Waals surface area contributed by atoms with Gasteiger partial charge in [-0.25, -0.2) is 0 Å². The van der Waals surface area contributed by atoms with Crippen molar-refractivity contribution in [3.8, 4) is 11.5 Å². The Labute approximate surface area is 124 Å². The molecule has 0 aliphatic heterocycles. The molecule has 3 nitrogen and oxygen atoms in total. The van der Waals surface area contributed by atoms with Crippen LogP contribution in [0.25, 0.3) is 10.9 Å². The van der Waals surface area contributed by atoms with Crippen molar-refractivity contribution in [2.75, 3.05) is 5.73 Å². The molecule has 2 N–H and O–H groups in total. The third kappa shape index (κ3) is 2.49. The predicted molar refractivity (Wildman–Crippen MR) is 85.4 cm³/mol. The van der Waals surface area contributed by atoms with Gasteiger partial charge < -0.3 is 10.5 Å². The third-order valence-electron chi connectivity index (χ3n) is 2.77. The Morgan fingerprint density at radius 1 is 1.05 bits per heavy atom. The Balaban J connectivity index is 2.12. The van der Waals surface area contributed by atoms with Gasteiger partial charge in [-0.2, -0.15) is 0 Å². The number of hydrogen-bond donors (Lipinski definition) is 1. The lowest BCUT2D eigenvalue weighted by atomic mass is 10.2. The minimum Gasteiger partial charge on any atom is -0.454 e. The fourth-order valence-electron chi connectivity index (χ4n) is 1.89. The molecule has 0 amide bonds. The van der Waals surface area contributed by atoms with Gasteiger partial charge in [0.15, 0.2) is 5.75 Å².